The minimum atomic E-state index is -0.741. The first kappa shape index (κ1) is 11.1. The molecule has 1 aliphatic rings. The minimum absolute atomic E-state index is 0.341. The molecule has 0 aromatic heterocycles. The normalized spacial score (nSPS) is 26.4. The van der Waals surface area contributed by atoms with Gasteiger partial charge in [-0.1, -0.05) is 0 Å². The quantitative estimate of drug-likeness (QED) is 0.698. The predicted molar refractivity (Wildman–Crippen MR) is 52.8 cm³/mol. The molecule has 0 aliphatic carbocycles. The van der Waals surface area contributed by atoms with Gasteiger partial charge in [-0.2, -0.15) is 0 Å². The van der Waals surface area contributed by atoms with E-state index in [4.69, 9.17) is 9.84 Å². The van der Waals surface area contributed by atoms with E-state index in [-0.39, 0.29) is 0 Å². The van der Waals surface area contributed by atoms with E-state index in [2.05, 4.69) is 11.8 Å². The van der Waals surface area contributed by atoms with Gasteiger partial charge >= 0.3 is 5.97 Å². The van der Waals surface area contributed by atoms with Gasteiger partial charge in [0.25, 0.3) is 0 Å². The summed E-state index contributed by atoms with van der Waals surface area (Å²) >= 11 is 0. The number of carbonyl (C=O) groups is 1. The van der Waals surface area contributed by atoms with Gasteiger partial charge in [0.1, 0.15) is 0 Å². The monoisotopic (exact) mass is 196 g/mol. The molecule has 14 heavy (non-hydrogen) atoms. The van der Waals surface area contributed by atoms with Crippen molar-refractivity contribution in [1.29, 1.82) is 0 Å². The first-order valence-corrected chi connectivity index (χ1v) is 4.92. The van der Waals surface area contributed by atoms with Crippen molar-refractivity contribution in [2.75, 3.05) is 13.2 Å². The molecule has 1 fully saturated rings. The lowest BCUT2D eigenvalue weighted by molar-refractivity contribution is -0.157. The fraction of sp³-hybridized carbons (Fsp3) is 0.727. The van der Waals surface area contributed by atoms with Crippen LogP contribution < -0.4 is 0 Å². The minimum Gasteiger partial charge on any atom is -0.481 e. The zero-order valence-electron chi connectivity index (χ0n) is 8.51. The second-order valence-corrected chi connectivity index (χ2v) is 3.67. The largest absolute Gasteiger partial charge is 0.481 e. The third-order valence-electron chi connectivity index (χ3n) is 2.68. The Labute approximate surface area is 84.5 Å². The average Bonchev–Trinajstić information content (AvgIpc) is 2.19. The standard InChI is InChI=1S/C11H16O3/c1-2-3-4-6-11(10(12)13)7-5-8-14-9-11/h4-9H2,1H3,(H,12,13). The molecule has 1 aliphatic heterocycles. The van der Waals surface area contributed by atoms with Crippen LogP contribution in [0.15, 0.2) is 0 Å². The summed E-state index contributed by atoms with van der Waals surface area (Å²) in [6.07, 6.45) is 2.80. The van der Waals surface area contributed by atoms with E-state index in [1.807, 2.05) is 0 Å². The molecule has 0 aromatic carbocycles. The smallest absolute Gasteiger partial charge is 0.312 e. The number of carboxylic acids is 1. The first-order chi connectivity index (χ1) is 6.71. The highest BCUT2D eigenvalue weighted by molar-refractivity contribution is 5.74. The summed E-state index contributed by atoms with van der Waals surface area (Å²) in [4.78, 5) is 11.1. The second kappa shape index (κ2) is 5.02. The number of carboxylic acid groups (broad SMARTS) is 1. The van der Waals surface area contributed by atoms with E-state index in [1.54, 1.807) is 6.92 Å². The van der Waals surface area contributed by atoms with Crippen LogP contribution >= 0.6 is 0 Å². The molecule has 0 radical (unpaired) electrons. The molecular formula is C11H16O3. The van der Waals surface area contributed by atoms with Gasteiger partial charge in [-0.25, -0.2) is 0 Å². The molecule has 1 rings (SSSR count). The molecule has 1 N–H and O–H groups in total. The lowest BCUT2D eigenvalue weighted by Gasteiger charge is -2.32. The molecule has 0 spiro atoms. The number of ether oxygens (including phenoxy) is 1. The number of hydrogen-bond donors (Lipinski definition) is 1. The fourth-order valence-corrected chi connectivity index (χ4v) is 1.75. The number of hydrogen-bond acceptors (Lipinski definition) is 2. The maximum absolute atomic E-state index is 11.1. The maximum atomic E-state index is 11.1. The lowest BCUT2D eigenvalue weighted by Crippen LogP contribution is -2.39. The Balaban J connectivity index is 2.59. The van der Waals surface area contributed by atoms with Gasteiger partial charge in [0, 0.05) is 13.0 Å². The highest BCUT2D eigenvalue weighted by atomic mass is 16.5. The highest BCUT2D eigenvalue weighted by Gasteiger charge is 2.39. The Bertz CT molecular complexity index is 253. The summed E-state index contributed by atoms with van der Waals surface area (Å²) in [5.74, 6) is 4.95. The van der Waals surface area contributed by atoms with Gasteiger partial charge in [0.15, 0.2) is 0 Å². The summed E-state index contributed by atoms with van der Waals surface area (Å²) < 4.78 is 5.25. The van der Waals surface area contributed by atoms with Gasteiger partial charge in [-0.05, 0) is 26.2 Å². The van der Waals surface area contributed by atoms with Crippen molar-refractivity contribution in [2.45, 2.75) is 32.6 Å². The van der Waals surface area contributed by atoms with E-state index >= 15 is 0 Å². The number of rotatable bonds is 3. The van der Waals surface area contributed by atoms with Crippen LogP contribution in [0.3, 0.4) is 0 Å². The van der Waals surface area contributed by atoms with Crippen LogP contribution in [0.2, 0.25) is 0 Å². The fourth-order valence-electron chi connectivity index (χ4n) is 1.75. The van der Waals surface area contributed by atoms with Crippen molar-refractivity contribution >= 4 is 5.97 Å². The van der Waals surface area contributed by atoms with E-state index < -0.39 is 11.4 Å². The molecule has 78 valence electrons. The highest BCUT2D eigenvalue weighted by Crippen LogP contribution is 2.33. The third kappa shape index (κ3) is 2.49. The van der Waals surface area contributed by atoms with Crippen LogP contribution in [0.1, 0.15) is 32.6 Å². The van der Waals surface area contributed by atoms with Gasteiger partial charge < -0.3 is 9.84 Å². The van der Waals surface area contributed by atoms with E-state index in [0.29, 0.717) is 32.5 Å². The SMILES string of the molecule is CC#CCCC1(C(=O)O)CCCOC1. The molecule has 0 aromatic rings. The summed E-state index contributed by atoms with van der Waals surface area (Å²) in [6, 6.07) is 0. The van der Waals surface area contributed by atoms with Crippen molar-refractivity contribution < 1.29 is 14.6 Å². The summed E-state index contributed by atoms with van der Waals surface area (Å²) in [7, 11) is 0. The van der Waals surface area contributed by atoms with Gasteiger partial charge in [-0.3, -0.25) is 4.79 Å². The van der Waals surface area contributed by atoms with E-state index in [0.717, 1.165) is 6.42 Å². The summed E-state index contributed by atoms with van der Waals surface area (Å²) in [5, 5.41) is 9.16. The summed E-state index contributed by atoms with van der Waals surface area (Å²) in [5.41, 5.74) is -0.678. The van der Waals surface area contributed by atoms with Crippen LogP contribution in [0, 0.1) is 17.3 Å². The van der Waals surface area contributed by atoms with Crippen LogP contribution in [-0.2, 0) is 9.53 Å². The van der Waals surface area contributed by atoms with Gasteiger partial charge in [-0.15, -0.1) is 11.8 Å². The lowest BCUT2D eigenvalue weighted by atomic mass is 9.78. The topological polar surface area (TPSA) is 46.5 Å². The first-order valence-electron chi connectivity index (χ1n) is 4.92. The van der Waals surface area contributed by atoms with Crippen LogP contribution in [0.25, 0.3) is 0 Å². The zero-order chi connectivity index (χ0) is 10.4. The Kier molecular flexibility index (Phi) is 3.97. The van der Waals surface area contributed by atoms with Crippen molar-refractivity contribution in [3.05, 3.63) is 0 Å². The van der Waals surface area contributed by atoms with Crippen molar-refractivity contribution in [3.63, 3.8) is 0 Å². The van der Waals surface area contributed by atoms with Crippen molar-refractivity contribution in [2.24, 2.45) is 5.41 Å². The molecule has 1 atom stereocenters. The van der Waals surface area contributed by atoms with E-state index in [9.17, 15) is 4.79 Å². The van der Waals surface area contributed by atoms with Crippen LogP contribution in [-0.4, -0.2) is 24.3 Å². The van der Waals surface area contributed by atoms with Gasteiger partial charge in [0.2, 0.25) is 0 Å². The second-order valence-electron chi connectivity index (χ2n) is 3.67. The Hall–Kier alpha value is -1.01. The van der Waals surface area contributed by atoms with Crippen molar-refractivity contribution in [3.8, 4) is 11.8 Å². The predicted octanol–water partition coefficient (Wildman–Crippen LogP) is 1.67. The number of aliphatic carboxylic acids is 1. The summed E-state index contributed by atoms with van der Waals surface area (Å²) in [6.45, 7) is 2.80. The van der Waals surface area contributed by atoms with Crippen LogP contribution in [0.5, 0.6) is 0 Å². The molecule has 0 saturated carbocycles. The zero-order valence-corrected chi connectivity index (χ0v) is 8.51. The molecular weight excluding hydrogens is 180 g/mol. The third-order valence-corrected chi connectivity index (χ3v) is 2.68. The molecule has 3 heteroatoms. The average molecular weight is 196 g/mol. The molecule has 1 saturated heterocycles. The van der Waals surface area contributed by atoms with Crippen molar-refractivity contribution in [1.82, 2.24) is 0 Å². The molecule has 3 nitrogen and oxygen atoms in total. The van der Waals surface area contributed by atoms with E-state index in [1.165, 1.54) is 0 Å². The van der Waals surface area contributed by atoms with Crippen LogP contribution in [0.4, 0.5) is 0 Å². The van der Waals surface area contributed by atoms with Gasteiger partial charge in [0.05, 0.1) is 12.0 Å². The molecule has 1 unspecified atom stereocenters. The Morgan fingerprint density at radius 2 is 2.43 bits per heavy atom. The molecule has 0 bridgehead atoms. The Morgan fingerprint density at radius 1 is 1.64 bits per heavy atom. The maximum Gasteiger partial charge on any atom is 0.312 e. The molecule has 0 amide bonds. The Morgan fingerprint density at radius 3 is 2.93 bits per heavy atom. The molecule has 1 heterocycles.